The van der Waals surface area contributed by atoms with Crippen LogP contribution in [0.1, 0.15) is 50.4 Å². The van der Waals surface area contributed by atoms with E-state index in [0.29, 0.717) is 25.4 Å². The lowest BCUT2D eigenvalue weighted by molar-refractivity contribution is -0.121. The van der Waals surface area contributed by atoms with Gasteiger partial charge in [-0.1, -0.05) is 25.5 Å². The molecule has 0 unspecified atom stereocenters. The molecule has 1 N–H and O–H groups in total. The van der Waals surface area contributed by atoms with E-state index in [1.165, 1.54) is 11.5 Å². The Labute approximate surface area is 165 Å². The first-order chi connectivity index (χ1) is 13.2. The fourth-order valence-electron chi connectivity index (χ4n) is 2.83. The van der Waals surface area contributed by atoms with Gasteiger partial charge in [-0.3, -0.25) is 4.79 Å². The normalized spacial score (nSPS) is 13.4. The molecule has 1 amide bonds. The van der Waals surface area contributed by atoms with E-state index in [0.717, 1.165) is 54.5 Å². The summed E-state index contributed by atoms with van der Waals surface area (Å²) in [4.78, 5) is 19.0. The lowest BCUT2D eigenvalue weighted by Gasteiger charge is -2.20. The van der Waals surface area contributed by atoms with Gasteiger partial charge in [0.25, 0.3) is 0 Å². The van der Waals surface area contributed by atoms with E-state index in [1.54, 1.807) is 7.11 Å². The van der Waals surface area contributed by atoms with Crippen LogP contribution in [0.4, 0.5) is 5.13 Å². The molecule has 1 aromatic carbocycles. The maximum Gasteiger partial charge on any atom is 0.221 e. The highest BCUT2D eigenvalue weighted by Crippen LogP contribution is 2.22. The summed E-state index contributed by atoms with van der Waals surface area (Å²) in [5, 5.41) is 3.96. The fourth-order valence-corrected chi connectivity index (χ4v) is 3.56. The third kappa shape index (κ3) is 6.20. The molecule has 0 spiro atoms. The molecular formula is C20H28N4O2S. The molecule has 0 saturated heterocycles. The highest BCUT2D eigenvalue weighted by Gasteiger charge is 2.23. The minimum Gasteiger partial charge on any atom is -0.497 e. The summed E-state index contributed by atoms with van der Waals surface area (Å²) in [5.41, 5.74) is 1.13. The standard InChI is InChI=1S/C20H28N4O2S/c1-3-4-11-24(12-10-19(25)21-16-8-9-16)20-22-18(23-27-20)14-15-6-5-7-17(13-15)26-2/h5-7,13,16H,3-4,8-12,14H2,1-2H3,(H,21,25). The molecule has 146 valence electrons. The van der Waals surface area contributed by atoms with Crippen LogP contribution in [0.15, 0.2) is 24.3 Å². The average molecular weight is 389 g/mol. The van der Waals surface area contributed by atoms with E-state index < -0.39 is 0 Å². The van der Waals surface area contributed by atoms with Crippen molar-refractivity contribution in [2.75, 3.05) is 25.1 Å². The second-order valence-corrected chi connectivity index (χ2v) is 7.68. The lowest BCUT2D eigenvalue weighted by Crippen LogP contribution is -2.32. The first kappa shape index (κ1) is 19.6. The second kappa shape index (κ2) is 9.69. The van der Waals surface area contributed by atoms with Crippen LogP contribution in [0.25, 0.3) is 0 Å². The highest BCUT2D eigenvalue weighted by molar-refractivity contribution is 7.09. The molecule has 1 aliphatic rings. The molecule has 0 bridgehead atoms. The maximum absolute atomic E-state index is 12.0. The number of rotatable bonds is 11. The van der Waals surface area contributed by atoms with E-state index in [-0.39, 0.29) is 5.91 Å². The Balaban J connectivity index is 1.60. The zero-order valence-electron chi connectivity index (χ0n) is 16.1. The van der Waals surface area contributed by atoms with Gasteiger partial charge >= 0.3 is 0 Å². The smallest absolute Gasteiger partial charge is 0.221 e. The Morgan fingerprint density at radius 2 is 2.22 bits per heavy atom. The Morgan fingerprint density at radius 3 is 2.96 bits per heavy atom. The zero-order chi connectivity index (χ0) is 19.1. The Kier molecular flexibility index (Phi) is 7.04. The zero-order valence-corrected chi connectivity index (χ0v) is 16.9. The molecule has 0 radical (unpaired) electrons. The molecule has 3 rings (SSSR count). The molecule has 0 atom stereocenters. The van der Waals surface area contributed by atoms with Gasteiger partial charge in [-0.05, 0) is 37.0 Å². The van der Waals surface area contributed by atoms with Crippen molar-refractivity contribution in [2.24, 2.45) is 0 Å². The van der Waals surface area contributed by atoms with Crippen LogP contribution in [0.2, 0.25) is 0 Å². The number of benzene rings is 1. The van der Waals surface area contributed by atoms with Gasteiger partial charge in [-0.15, -0.1) is 0 Å². The first-order valence-corrected chi connectivity index (χ1v) is 10.4. The second-order valence-electron chi connectivity index (χ2n) is 6.95. The lowest BCUT2D eigenvalue weighted by atomic mass is 10.1. The number of amides is 1. The number of ether oxygens (including phenoxy) is 1. The van der Waals surface area contributed by atoms with E-state index in [4.69, 9.17) is 9.72 Å². The largest absolute Gasteiger partial charge is 0.497 e. The SMILES string of the molecule is CCCCN(CCC(=O)NC1CC1)c1nc(Cc2cccc(OC)c2)ns1. The molecular weight excluding hydrogens is 360 g/mol. The van der Waals surface area contributed by atoms with Crippen LogP contribution in [0.3, 0.4) is 0 Å². The van der Waals surface area contributed by atoms with Crippen molar-refractivity contribution in [2.45, 2.75) is 51.5 Å². The van der Waals surface area contributed by atoms with Crippen LogP contribution in [-0.2, 0) is 11.2 Å². The molecule has 27 heavy (non-hydrogen) atoms. The van der Waals surface area contributed by atoms with Gasteiger partial charge in [0.05, 0.1) is 7.11 Å². The first-order valence-electron chi connectivity index (χ1n) is 9.67. The third-order valence-corrected chi connectivity index (χ3v) is 5.37. The number of hydrogen-bond acceptors (Lipinski definition) is 6. The Bertz CT molecular complexity index is 745. The number of methoxy groups -OCH3 is 1. The quantitative estimate of drug-likeness (QED) is 0.639. The summed E-state index contributed by atoms with van der Waals surface area (Å²) in [6.45, 7) is 3.76. The van der Waals surface area contributed by atoms with Crippen LogP contribution in [-0.4, -0.2) is 41.5 Å². The van der Waals surface area contributed by atoms with Gasteiger partial charge < -0.3 is 15.0 Å². The molecule has 1 saturated carbocycles. The summed E-state index contributed by atoms with van der Waals surface area (Å²) in [6.07, 6.45) is 5.61. The van der Waals surface area contributed by atoms with Crippen molar-refractivity contribution in [3.63, 3.8) is 0 Å². The van der Waals surface area contributed by atoms with Crippen molar-refractivity contribution in [1.82, 2.24) is 14.7 Å². The van der Waals surface area contributed by atoms with Gasteiger partial charge in [0.2, 0.25) is 11.0 Å². The molecule has 1 heterocycles. The van der Waals surface area contributed by atoms with Crippen molar-refractivity contribution >= 4 is 22.6 Å². The minimum absolute atomic E-state index is 0.139. The van der Waals surface area contributed by atoms with Crippen molar-refractivity contribution in [3.05, 3.63) is 35.7 Å². The predicted molar refractivity (Wildman–Crippen MR) is 109 cm³/mol. The summed E-state index contributed by atoms with van der Waals surface area (Å²) in [6, 6.07) is 8.39. The number of hydrogen-bond donors (Lipinski definition) is 1. The van der Waals surface area contributed by atoms with Gasteiger partial charge in [-0.25, -0.2) is 4.98 Å². The molecule has 1 fully saturated rings. The molecule has 7 heteroatoms. The van der Waals surface area contributed by atoms with Crippen molar-refractivity contribution in [1.29, 1.82) is 0 Å². The van der Waals surface area contributed by atoms with Crippen molar-refractivity contribution < 1.29 is 9.53 Å². The Hall–Kier alpha value is -2.15. The molecule has 1 aliphatic carbocycles. The molecule has 6 nitrogen and oxygen atoms in total. The number of nitrogens with one attached hydrogen (secondary N) is 1. The predicted octanol–water partition coefficient (Wildman–Crippen LogP) is 3.41. The highest BCUT2D eigenvalue weighted by atomic mass is 32.1. The van der Waals surface area contributed by atoms with Crippen LogP contribution >= 0.6 is 11.5 Å². The number of anilines is 1. The molecule has 0 aliphatic heterocycles. The van der Waals surface area contributed by atoms with Gasteiger partial charge in [0.15, 0.2) is 0 Å². The van der Waals surface area contributed by atoms with E-state index in [1.807, 2.05) is 18.2 Å². The fraction of sp³-hybridized carbons (Fsp3) is 0.550. The summed E-state index contributed by atoms with van der Waals surface area (Å²) in [7, 11) is 1.67. The topological polar surface area (TPSA) is 67.4 Å². The number of aromatic nitrogens is 2. The number of unbranched alkanes of at least 4 members (excludes halogenated alkanes) is 1. The monoisotopic (exact) mass is 388 g/mol. The van der Waals surface area contributed by atoms with Gasteiger partial charge in [0.1, 0.15) is 11.6 Å². The summed E-state index contributed by atoms with van der Waals surface area (Å²) in [5.74, 6) is 1.79. The van der Waals surface area contributed by atoms with E-state index in [9.17, 15) is 4.79 Å². The van der Waals surface area contributed by atoms with Crippen molar-refractivity contribution in [3.8, 4) is 5.75 Å². The van der Waals surface area contributed by atoms with E-state index in [2.05, 4.69) is 27.6 Å². The summed E-state index contributed by atoms with van der Waals surface area (Å²) >= 11 is 1.42. The van der Waals surface area contributed by atoms with Crippen LogP contribution in [0, 0.1) is 0 Å². The minimum atomic E-state index is 0.139. The molecule has 2 aromatic rings. The number of carbonyl (C=O) groups is 1. The van der Waals surface area contributed by atoms with Crippen LogP contribution < -0.4 is 15.0 Å². The molecule has 1 aromatic heterocycles. The maximum atomic E-state index is 12.0. The third-order valence-electron chi connectivity index (χ3n) is 4.56. The van der Waals surface area contributed by atoms with Gasteiger partial charge in [0, 0.05) is 43.5 Å². The number of nitrogens with zero attached hydrogens (tertiary/aromatic N) is 3. The summed E-state index contributed by atoms with van der Waals surface area (Å²) < 4.78 is 9.81. The number of carbonyl (C=O) groups excluding carboxylic acids is 1. The van der Waals surface area contributed by atoms with Crippen LogP contribution in [0.5, 0.6) is 5.75 Å². The average Bonchev–Trinajstić information content (AvgIpc) is 3.37. The Morgan fingerprint density at radius 1 is 1.37 bits per heavy atom. The van der Waals surface area contributed by atoms with E-state index >= 15 is 0 Å². The van der Waals surface area contributed by atoms with Gasteiger partial charge in [-0.2, -0.15) is 4.37 Å².